The highest BCUT2D eigenvalue weighted by Gasteiger charge is 2.29. The second-order valence-electron chi connectivity index (χ2n) is 7.35. The van der Waals surface area contributed by atoms with E-state index in [-0.39, 0.29) is 23.2 Å². The fourth-order valence-corrected chi connectivity index (χ4v) is 5.49. The van der Waals surface area contributed by atoms with Gasteiger partial charge in [-0.1, -0.05) is 47.4 Å². The van der Waals surface area contributed by atoms with Crippen molar-refractivity contribution in [1.29, 1.82) is 0 Å². The molecule has 2 aliphatic rings. The van der Waals surface area contributed by atoms with E-state index in [0.29, 0.717) is 27.9 Å². The first-order valence-corrected chi connectivity index (χ1v) is 11.7. The standard InChI is InChI=1S/C22H18N4O3S2/c27-18(12-30-22-25-24-21(31-22)26-9-3-4-10-26)23-13-7-8-16-17(11-13)20(29)15-6-2-1-5-14(15)19(16)28/h1-2,5-8,11H,3-4,9-10,12H2,(H,23,27). The summed E-state index contributed by atoms with van der Waals surface area (Å²) < 4.78 is 0.750. The van der Waals surface area contributed by atoms with Crippen LogP contribution in [0.15, 0.2) is 46.8 Å². The van der Waals surface area contributed by atoms with E-state index in [9.17, 15) is 14.4 Å². The zero-order valence-corrected chi connectivity index (χ0v) is 18.1. The number of amides is 1. The topological polar surface area (TPSA) is 92.3 Å². The Kier molecular flexibility index (Phi) is 5.29. The van der Waals surface area contributed by atoms with E-state index in [1.54, 1.807) is 42.5 Å². The van der Waals surface area contributed by atoms with Gasteiger partial charge in [0.2, 0.25) is 11.0 Å². The van der Waals surface area contributed by atoms with Crippen molar-refractivity contribution >= 4 is 51.4 Å². The van der Waals surface area contributed by atoms with Gasteiger partial charge in [-0.05, 0) is 31.0 Å². The minimum atomic E-state index is -0.210. The minimum Gasteiger partial charge on any atom is -0.347 e. The molecule has 1 aliphatic heterocycles. The van der Waals surface area contributed by atoms with E-state index in [1.807, 2.05) is 0 Å². The van der Waals surface area contributed by atoms with E-state index >= 15 is 0 Å². The average Bonchev–Trinajstić information content (AvgIpc) is 3.48. The highest BCUT2D eigenvalue weighted by molar-refractivity contribution is 8.01. The first-order valence-electron chi connectivity index (χ1n) is 9.94. The van der Waals surface area contributed by atoms with Crippen molar-refractivity contribution in [2.45, 2.75) is 17.2 Å². The molecule has 0 radical (unpaired) electrons. The van der Waals surface area contributed by atoms with Crippen molar-refractivity contribution in [3.63, 3.8) is 0 Å². The monoisotopic (exact) mass is 450 g/mol. The number of rotatable bonds is 5. The number of aromatic nitrogens is 2. The molecule has 2 heterocycles. The summed E-state index contributed by atoms with van der Waals surface area (Å²) in [4.78, 5) is 40.1. The van der Waals surface area contributed by atoms with E-state index in [4.69, 9.17) is 0 Å². The van der Waals surface area contributed by atoms with Crippen LogP contribution in [0.4, 0.5) is 10.8 Å². The molecule has 2 aromatic carbocycles. The summed E-state index contributed by atoms with van der Waals surface area (Å²) in [5.41, 5.74) is 1.97. The number of carbonyl (C=O) groups excluding carboxylic acids is 3. The van der Waals surface area contributed by atoms with Gasteiger partial charge in [0.15, 0.2) is 15.9 Å². The van der Waals surface area contributed by atoms with Gasteiger partial charge in [0.1, 0.15) is 0 Å². The Balaban J connectivity index is 1.25. The number of ketones is 2. The van der Waals surface area contributed by atoms with Crippen LogP contribution in [-0.2, 0) is 4.79 Å². The van der Waals surface area contributed by atoms with Crippen molar-refractivity contribution in [3.05, 3.63) is 64.7 Å². The average molecular weight is 451 g/mol. The fourth-order valence-electron chi connectivity index (χ4n) is 3.80. The highest BCUT2D eigenvalue weighted by atomic mass is 32.2. The molecule has 1 amide bonds. The molecule has 0 bridgehead atoms. The summed E-state index contributed by atoms with van der Waals surface area (Å²) in [7, 11) is 0. The third-order valence-electron chi connectivity index (χ3n) is 5.31. The number of benzene rings is 2. The minimum absolute atomic E-state index is 0.177. The van der Waals surface area contributed by atoms with Crippen molar-refractivity contribution in [1.82, 2.24) is 10.2 Å². The second-order valence-corrected chi connectivity index (χ2v) is 9.52. The molecule has 31 heavy (non-hydrogen) atoms. The van der Waals surface area contributed by atoms with Gasteiger partial charge in [-0.15, -0.1) is 10.2 Å². The molecular formula is C22H18N4O3S2. The first kappa shape index (κ1) is 19.9. The van der Waals surface area contributed by atoms with E-state index < -0.39 is 0 Å². The molecule has 0 spiro atoms. The summed E-state index contributed by atoms with van der Waals surface area (Å²) in [5.74, 6) is -0.415. The summed E-state index contributed by atoms with van der Waals surface area (Å²) in [6, 6.07) is 11.6. The molecule has 1 fully saturated rings. The third-order valence-corrected chi connectivity index (χ3v) is 7.43. The molecule has 1 saturated heterocycles. The maximum absolute atomic E-state index is 12.8. The molecule has 7 nitrogen and oxygen atoms in total. The Hall–Kier alpha value is -3.04. The molecule has 1 aliphatic carbocycles. The van der Waals surface area contributed by atoms with Gasteiger partial charge in [0.25, 0.3) is 0 Å². The lowest BCUT2D eigenvalue weighted by molar-refractivity contribution is -0.113. The van der Waals surface area contributed by atoms with Gasteiger partial charge in [-0.2, -0.15) is 0 Å². The molecule has 1 aromatic heterocycles. The van der Waals surface area contributed by atoms with Crippen LogP contribution in [0.5, 0.6) is 0 Å². The predicted molar refractivity (Wildman–Crippen MR) is 120 cm³/mol. The van der Waals surface area contributed by atoms with Crippen LogP contribution < -0.4 is 10.2 Å². The molecule has 0 unspecified atom stereocenters. The van der Waals surface area contributed by atoms with Crippen molar-refractivity contribution in [2.24, 2.45) is 0 Å². The molecule has 5 rings (SSSR count). The van der Waals surface area contributed by atoms with E-state index in [2.05, 4.69) is 20.4 Å². The molecule has 0 atom stereocenters. The van der Waals surface area contributed by atoms with Crippen molar-refractivity contribution in [3.8, 4) is 0 Å². The molecule has 1 N–H and O–H groups in total. The maximum atomic E-state index is 12.8. The molecule has 156 valence electrons. The van der Waals surface area contributed by atoms with Gasteiger partial charge in [0.05, 0.1) is 5.75 Å². The predicted octanol–water partition coefficient (Wildman–Crippen LogP) is 3.64. The first-order chi connectivity index (χ1) is 15.1. The smallest absolute Gasteiger partial charge is 0.234 e. The molecule has 3 aromatic rings. The lowest BCUT2D eigenvalue weighted by Gasteiger charge is -2.18. The van der Waals surface area contributed by atoms with E-state index in [1.165, 1.54) is 35.9 Å². The Morgan fingerprint density at radius 1 is 0.968 bits per heavy atom. The summed E-state index contributed by atoms with van der Waals surface area (Å²) in [6.45, 7) is 2.01. The van der Waals surface area contributed by atoms with E-state index in [0.717, 1.165) is 22.6 Å². The Bertz CT molecular complexity index is 1200. The highest BCUT2D eigenvalue weighted by Crippen LogP contribution is 2.31. The van der Waals surface area contributed by atoms with Crippen LogP contribution in [0.25, 0.3) is 0 Å². The van der Waals surface area contributed by atoms with Gasteiger partial charge in [-0.3, -0.25) is 14.4 Å². The molecule has 0 saturated carbocycles. The second kappa shape index (κ2) is 8.24. The number of hydrogen-bond donors (Lipinski definition) is 1. The number of thioether (sulfide) groups is 1. The lowest BCUT2D eigenvalue weighted by Crippen LogP contribution is -2.21. The van der Waals surface area contributed by atoms with Crippen LogP contribution in [0.3, 0.4) is 0 Å². The largest absolute Gasteiger partial charge is 0.347 e. The number of nitrogens with one attached hydrogen (secondary N) is 1. The summed E-state index contributed by atoms with van der Waals surface area (Å²) >= 11 is 2.83. The van der Waals surface area contributed by atoms with Gasteiger partial charge >= 0.3 is 0 Å². The van der Waals surface area contributed by atoms with Gasteiger partial charge in [-0.25, -0.2) is 0 Å². The fraction of sp³-hybridized carbons (Fsp3) is 0.227. The van der Waals surface area contributed by atoms with Crippen LogP contribution in [-0.4, -0.2) is 46.5 Å². The van der Waals surface area contributed by atoms with Crippen LogP contribution in [0, 0.1) is 0 Å². The lowest BCUT2D eigenvalue weighted by atomic mass is 9.84. The summed E-state index contributed by atoms with van der Waals surface area (Å²) in [5, 5.41) is 12.1. The SMILES string of the molecule is O=C(CSc1nnc(N2CCCC2)s1)Nc1ccc2c(c1)C(=O)c1ccccc1C2=O. The number of carbonyl (C=O) groups is 3. The Morgan fingerprint density at radius 2 is 1.65 bits per heavy atom. The van der Waals surface area contributed by atoms with Crippen LogP contribution in [0.2, 0.25) is 0 Å². The maximum Gasteiger partial charge on any atom is 0.234 e. The molecular weight excluding hydrogens is 432 g/mol. The van der Waals surface area contributed by atoms with Crippen molar-refractivity contribution in [2.75, 3.05) is 29.1 Å². The quantitative estimate of drug-likeness (QED) is 0.464. The number of fused-ring (bicyclic) bond motifs is 2. The van der Waals surface area contributed by atoms with Gasteiger partial charge < -0.3 is 10.2 Å². The molecule has 9 heteroatoms. The number of hydrogen-bond acceptors (Lipinski definition) is 8. The van der Waals surface area contributed by atoms with Crippen LogP contribution >= 0.6 is 23.1 Å². The zero-order chi connectivity index (χ0) is 21.4. The van der Waals surface area contributed by atoms with Crippen molar-refractivity contribution < 1.29 is 14.4 Å². The van der Waals surface area contributed by atoms with Crippen LogP contribution in [0.1, 0.15) is 44.7 Å². The Labute approximate surface area is 186 Å². The number of nitrogens with zero attached hydrogens (tertiary/aromatic N) is 3. The third kappa shape index (κ3) is 3.86. The Morgan fingerprint density at radius 3 is 2.39 bits per heavy atom. The normalized spacial score (nSPS) is 15.0. The zero-order valence-electron chi connectivity index (χ0n) is 16.5. The van der Waals surface area contributed by atoms with Gasteiger partial charge in [0, 0.05) is 41.0 Å². The number of anilines is 2. The summed E-state index contributed by atoms with van der Waals surface area (Å²) in [6.07, 6.45) is 2.34.